The van der Waals surface area contributed by atoms with Crippen LogP contribution in [0.4, 0.5) is 0 Å². The Morgan fingerprint density at radius 1 is 0.500 bits per heavy atom. The number of carbonyl (C=O) groups excluding carboxylic acids is 2. The number of hydrogen-bond donors (Lipinski definition) is 0. The van der Waals surface area contributed by atoms with E-state index in [2.05, 4.69) is 58.5 Å². The first-order valence-corrected chi connectivity index (χ1v) is 11.4. The van der Waals surface area contributed by atoms with Crippen molar-refractivity contribution in [2.75, 3.05) is 26.3 Å². The number of isocyanates is 2. The zero-order valence-electron chi connectivity index (χ0n) is 19.1. The highest BCUT2D eigenvalue weighted by Crippen LogP contribution is 2.27. The molecule has 0 N–H and O–H groups in total. The third-order valence-corrected chi connectivity index (χ3v) is 5.26. The first kappa shape index (κ1) is 24.7. The molecule has 0 atom stereocenters. The quantitative estimate of drug-likeness (QED) is 0.169. The summed E-state index contributed by atoms with van der Waals surface area (Å²) in [6.45, 7) is 2.20. The summed E-state index contributed by atoms with van der Waals surface area (Å²) in [6, 6.07) is 24.6. The summed E-state index contributed by atoms with van der Waals surface area (Å²) >= 11 is 0. The average Bonchev–Trinajstić information content (AvgIpc) is 2.89. The predicted octanol–water partition coefficient (Wildman–Crippen LogP) is 6.01. The van der Waals surface area contributed by atoms with Crippen LogP contribution >= 0.6 is 0 Å². The average molecular weight is 457 g/mol. The van der Waals surface area contributed by atoms with E-state index in [4.69, 9.17) is 9.47 Å². The van der Waals surface area contributed by atoms with Gasteiger partial charge in [0.1, 0.15) is 11.5 Å². The van der Waals surface area contributed by atoms with Gasteiger partial charge in [-0.3, -0.25) is 0 Å². The molecule has 0 fully saturated rings. The normalized spacial score (nSPS) is 10.1. The maximum Gasteiger partial charge on any atom is 0.234 e. The summed E-state index contributed by atoms with van der Waals surface area (Å²) in [5.41, 5.74) is 4.53. The molecular weight excluding hydrogens is 428 g/mol. The predicted molar refractivity (Wildman–Crippen MR) is 133 cm³/mol. The fourth-order valence-corrected chi connectivity index (χ4v) is 3.40. The van der Waals surface area contributed by atoms with E-state index < -0.39 is 0 Å². The number of rotatable bonds is 14. The molecule has 3 aromatic carbocycles. The van der Waals surface area contributed by atoms with Gasteiger partial charge in [-0.1, -0.05) is 48.5 Å². The van der Waals surface area contributed by atoms with Crippen molar-refractivity contribution < 1.29 is 19.1 Å². The lowest BCUT2D eigenvalue weighted by molar-refractivity contribution is 0.308. The van der Waals surface area contributed by atoms with Crippen LogP contribution in [0.15, 0.2) is 82.8 Å². The third kappa shape index (κ3) is 8.18. The highest BCUT2D eigenvalue weighted by molar-refractivity contribution is 5.71. The third-order valence-electron chi connectivity index (χ3n) is 5.26. The molecule has 0 aliphatic rings. The molecule has 0 bridgehead atoms. The Balaban J connectivity index is 1.48. The molecule has 0 unspecified atom stereocenters. The molecule has 6 heteroatoms. The maximum atomic E-state index is 10.0. The number of benzene rings is 3. The monoisotopic (exact) mass is 456 g/mol. The molecule has 0 heterocycles. The number of hydrogen-bond acceptors (Lipinski definition) is 6. The first-order chi connectivity index (χ1) is 16.8. The van der Waals surface area contributed by atoms with E-state index in [1.54, 1.807) is 12.2 Å². The van der Waals surface area contributed by atoms with Gasteiger partial charge in [-0.05, 0) is 72.2 Å². The second-order valence-corrected chi connectivity index (χ2v) is 7.68. The summed E-state index contributed by atoms with van der Waals surface area (Å²) in [7, 11) is 0. The molecule has 0 aromatic heterocycles. The Morgan fingerprint density at radius 3 is 1.15 bits per heavy atom. The van der Waals surface area contributed by atoms with Gasteiger partial charge in [0, 0.05) is 0 Å². The lowest BCUT2D eigenvalue weighted by atomic mass is 10.0. The van der Waals surface area contributed by atoms with Crippen molar-refractivity contribution in [1.29, 1.82) is 0 Å². The van der Waals surface area contributed by atoms with E-state index in [1.807, 2.05) is 24.3 Å². The van der Waals surface area contributed by atoms with E-state index in [0.717, 1.165) is 59.4 Å². The van der Waals surface area contributed by atoms with E-state index >= 15 is 0 Å². The van der Waals surface area contributed by atoms with Crippen LogP contribution in [0.1, 0.15) is 25.7 Å². The standard InChI is InChI=1S/C28H28N2O4/c31-21-29-17-1-3-19-33-27-13-9-25(10-14-27)23-5-7-24(8-6-23)26-11-15-28(16-12-26)34-20-4-2-18-30-22-32/h5-16H,1-4,17-20H2. The summed E-state index contributed by atoms with van der Waals surface area (Å²) in [6.07, 6.45) is 6.41. The lowest BCUT2D eigenvalue weighted by Gasteiger charge is -2.09. The number of unbranched alkanes of at least 4 members (excludes halogenated alkanes) is 2. The number of nitrogens with zero attached hydrogens (tertiary/aromatic N) is 2. The minimum atomic E-state index is 0.500. The molecule has 3 rings (SSSR count). The molecule has 0 saturated heterocycles. The van der Waals surface area contributed by atoms with Crippen molar-refractivity contribution in [2.24, 2.45) is 9.98 Å². The van der Waals surface area contributed by atoms with E-state index in [-0.39, 0.29) is 0 Å². The van der Waals surface area contributed by atoms with E-state index in [1.165, 1.54) is 0 Å². The van der Waals surface area contributed by atoms with Crippen LogP contribution in [-0.4, -0.2) is 38.5 Å². The van der Waals surface area contributed by atoms with Gasteiger partial charge in [0.05, 0.1) is 26.3 Å². The van der Waals surface area contributed by atoms with Gasteiger partial charge in [-0.2, -0.15) is 0 Å². The first-order valence-electron chi connectivity index (χ1n) is 11.4. The highest BCUT2D eigenvalue weighted by atomic mass is 16.5. The van der Waals surface area contributed by atoms with Gasteiger partial charge in [0.15, 0.2) is 0 Å². The smallest absolute Gasteiger partial charge is 0.234 e. The zero-order chi connectivity index (χ0) is 23.8. The zero-order valence-corrected chi connectivity index (χ0v) is 19.1. The largest absolute Gasteiger partial charge is 0.494 e. The molecule has 0 radical (unpaired) electrons. The topological polar surface area (TPSA) is 77.3 Å². The van der Waals surface area contributed by atoms with Crippen LogP contribution in [0.25, 0.3) is 22.3 Å². The van der Waals surface area contributed by atoms with Crippen LogP contribution in [0.3, 0.4) is 0 Å². The summed E-state index contributed by atoms with van der Waals surface area (Å²) < 4.78 is 11.5. The highest BCUT2D eigenvalue weighted by Gasteiger charge is 2.03. The van der Waals surface area contributed by atoms with Crippen LogP contribution in [-0.2, 0) is 9.59 Å². The van der Waals surface area contributed by atoms with Gasteiger partial charge in [0.25, 0.3) is 0 Å². The Morgan fingerprint density at radius 2 is 0.824 bits per heavy atom. The van der Waals surface area contributed by atoms with Crippen LogP contribution in [0, 0.1) is 0 Å². The van der Waals surface area contributed by atoms with E-state index in [9.17, 15) is 9.59 Å². The molecule has 34 heavy (non-hydrogen) atoms. The lowest BCUT2D eigenvalue weighted by Crippen LogP contribution is -1.98. The molecule has 0 aliphatic carbocycles. The van der Waals surface area contributed by atoms with Crippen molar-refractivity contribution in [1.82, 2.24) is 0 Å². The van der Waals surface area contributed by atoms with Gasteiger partial charge in [0.2, 0.25) is 12.2 Å². The molecular formula is C28H28N2O4. The van der Waals surface area contributed by atoms with Gasteiger partial charge in [-0.15, -0.1) is 0 Å². The van der Waals surface area contributed by atoms with Crippen molar-refractivity contribution in [3.05, 3.63) is 72.8 Å². The Hall–Kier alpha value is -3.98. The second-order valence-electron chi connectivity index (χ2n) is 7.68. The summed E-state index contributed by atoms with van der Waals surface area (Å²) in [5, 5.41) is 0. The van der Waals surface area contributed by atoms with Gasteiger partial charge < -0.3 is 9.47 Å². The maximum absolute atomic E-state index is 10.0. The van der Waals surface area contributed by atoms with Crippen LogP contribution < -0.4 is 9.47 Å². The molecule has 0 aliphatic heterocycles. The Kier molecular flexibility index (Phi) is 10.3. The molecule has 0 saturated carbocycles. The minimum Gasteiger partial charge on any atom is -0.494 e. The fraction of sp³-hybridized carbons (Fsp3) is 0.286. The summed E-state index contributed by atoms with van der Waals surface area (Å²) in [5.74, 6) is 1.66. The van der Waals surface area contributed by atoms with Crippen LogP contribution in [0.2, 0.25) is 0 Å². The SMILES string of the molecule is O=C=NCCCCOc1ccc(-c2ccc(-c3ccc(OCCCCN=C=O)cc3)cc2)cc1. The molecule has 6 nitrogen and oxygen atoms in total. The number of ether oxygens (including phenoxy) is 2. The fourth-order valence-electron chi connectivity index (χ4n) is 3.40. The second kappa shape index (κ2) is 14.2. The van der Waals surface area contributed by atoms with Crippen molar-refractivity contribution in [3.63, 3.8) is 0 Å². The summed E-state index contributed by atoms with van der Waals surface area (Å²) in [4.78, 5) is 27.1. The van der Waals surface area contributed by atoms with Crippen molar-refractivity contribution in [2.45, 2.75) is 25.7 Å². The van der Waals surface area contributed by atoms with Crippen LogP contribution in [0.5, 0.6) is 11.5 Å². The molecule has 0 amide bonds. The molecule has 174 valence electrons. The van der Waals surface area contributed by atoms with Crippen molar-refractivity contribution >= 4 is 12.2 Å². The van der Waals surface area contributed by atoms with Crippen molar-refractivity contribution in [3.8, 4) is 33.8 Å². The van der Waals surface area contributed by atoms with Gasteiger partial charge in [-0.25, -0.2) is 19.6 Å². The number of aliphatic imine (C=N–C) groups is 2. The Labute approximate surface area is 200 Å². The Bertz CT molecular complexity index is 1010. The van der Waals surface area contributed by atoms with E-state index in [0.29, 0.717) is 26.3 Å². The molecule has 0 spiro atoms. The molecule has 3 aromatic rings. The van der Waals surface area contributed by atoms with Gasteiger partial charge >= 0.3 is 0 Å². The minimum absolute atomic E-state index is 0.500.